The SMILES string of the molecule is COC(=O)CCCc1ccc2oc(C)nc2c1. The highest BCUT2D eigenvalue weighted by Crippen LogP contribution is 2.17. The molecule has 0 amide bonds. The van der Waals surface area contributed by atoms with E-state index in [1.807, 2.05) is 25.1 Å². The number of oxazole rings is 1. The van der Waals surface area contributed by atoms with Crippen molar-refractivity contribution in [2.24, 2.45) is 0 Å². The van der Waals surface area contributed by atoms with Gasteiger partial charge in [0.05, 0.1) is 7.11 Å². The fourth-order valence-corrected chi connectivity index (χ4v) is 1.78. The van der Waals surface area contributed by atoms with Gasteiger partial charge in [-0.2, -0.15) is 0 Å². The maximum Gasteiger partial charge on any atom is 0.305 e. The van der Waals surface area contributed by atoms with Crippen molar-refractivity contribution >= 4 is 17.1 Å². The van der Waals surface area contributed by atoms with Crippen LogP contribution in [0.5, 0.6) is 0 Å². The third kappa shape index (κ3) is 2.84. The van der Waals surface area contributed by atoms with Gasteiger partial charge < -0.3 is 9.15 Å². The van der Waals surface area contributed by atoms with Crippen LogP contribution in [0.2, 0.25) is 0 Å². The third-order valence-corrected chi connectivity index (χ3v) is 2.63. The normalized spacial score (nSPS) is 10.7. The molecule has 1 aromatic heterocycles. The Bertz CT molecular complexity index is 530. The molecule has 1 aromatic carbocycles. The first-order valence-corrected chi connectivity index (χ1v) is 5.62. The number of hydrogen-bond acceptors (Lipinski definition) is 4. The molecule has 0 atom stereocenters. The number of fused-ring (bicyclic) bond motifs is 1. The summed E-state index contributed by atoms with van der Waals surface area (Å²) < 4.78 is 9.99. The molecule has 0 spiro atoms. The topological polar surface area (TPSA) is 52.3 Å². The second-order valence-electron chi connectivity index (χ2n) is 3.96. The standard InChI is InChI=1S/C13H15NO3/c1-9-14-11-8-10(6-7-12(11)17-9)4-3-5-13(15)16-2/h6-8H,3-5H2,1-2H3. The lowest BCUT2D eigenvalue weighted by molar-refractivity contribution is -0.140. The van der Waals surface area contributed by atoms with Gasteiger partial charge in [0.2, 0.25) is 0 Å². The van der Waals surface area contributed by atoms with Crippen molar-refractivity contribution in [3.8, 4) is 0 Å². The minimum Gasteiger partial charge on any atom is -0.469 e. The zero-order chi connectivity index (χ0) is 12.3. The lowest BCUT2D eigenvalue weighted by Gasteiger charge is -2.00. The van der Waals surface area contributed by atoms with Crippen LogP contribution in [0.15, 0.2) is 22.6 Å². The van der Waals surface area contributed by atoms with Crippen molar-refractivity contribution < 1.29 is 13.9 Å². The summed E-state index contributed by atoms with van der Waals surface area (Å²) in [6, 6.07) is 5.93. The zero-order valence-electron chi connectivity index (χ0n) is 10.0. The number of hydrogen-bond donors (Lipinski definition) is 0. The van der Waals surface area contributed by atoms with Crippen molar-refractivity contribution in [1.82, 2.24) is 4.98 Å². The van der Waals surface area contributed by atoms with Crippen LogP contribution in [-0.4, -0.2) is 18.1 Å². The first-order chi connectivity index (χ1) is 8.19. The highest BCUT2D eigenvalue weighted by Gasteiger charge is 2.04. The molecule has 17 heavy (non-hydrogen) atoms. The highest BCUT2D eigenvalue weighted by molar-refractivity contribution is 5.73. The monoisotopic (exact) mass is 233 g/mol. The number of ether oxygens (including phenoxy) is 1. The number of benzene rings is 1. The Morgan fingerprint density at radius 3 is 3.06 bits per heavy atom. The lowest BCUT2D eigenvalue weighted by atomic mass is 10.1. The quantitative estimate of drug-likeness (QED) is 0.762. The molecule has 2 aromatic rings. The van der Waals surface area contributed by atoms with Crippen molar-refractivity contribution in [2.45, 2.75) is 26.2 Å². The van der Waals surface area contributed by atoms with E-state index in [0.717, 1.165) is 29.5 Å². The molecule has 0 aliphatic carbocycles. The summed E-state index contributed by atoms with van der Waals surface area (Å²) in [5, 5.41) is 0. The van der Waals surface area contributed by atoms with Gasteiger partial charge in [0.25, 0.3) is 0 Å². The van der Waals surface area contributed by atoms with Crippen molar-refractivity contribution in [3.05, 3.63) is 29.7 Å². The van der Waals surface area contributed by atoms with Crippen LogP contribution >= 0.6 is 0 Å². The summed E-state index contributed by atoms with van der Waals surface area (Å²) in [5.41, 5.74) is 2.84. The molecule has 0 saturated heterocycles. The van der Waals surface area contributed by atoms with E-state index in [-0.39, 0.29) is 5.97 Å². The summed E-state index contributed by atoms with van der Waals surface area (Å²) in [7, 11) is 1.41. The minimum absolute atomic E-state index is 0.164. The predicted molar refractivity (Wildman–Crippen MR) is 63.7 cm³/mol. The number of aromatic nitrogens is 1. The number of aryl methyl sites for hydroxylation is 2. The summed E-state index contributed by atoms with van der Waals surface area (Å²) in [4.78, 5) is 15.2. The van der Waals surface area contributed by atoms with Gasteiger partial charge in [0.15, 0.2) is 11.5 Å². The number of carbonyl (C=O) groups is 1. The molecule has 0 N–H and O–H groups in total. The molecule has 2 rings (SSSR count). The average molecular weight is 233 g/mol. The van der Waals surface area contributed by atoms with Gasteiger partial charge in [-0.3, -0.25) is 4.79 Å². The van der Waals surface area contributed by atoms with Crippen LogP contribution in [-0.2, 0) is 16.0 Å². The van der Waals surface area contributed by atoms with Crippen LogP contribution in [0.3, 0.4) is 0 Å². The van der Waals surface area contributed by atoms with E-state index < -0.39 is 0 Å². The van der Waals surface area contributed by atoms with E-state index in [4.69, 9.17) is 4.42 Å². The van der Waals surface area contributed by atoms with Gasteiger partial charge in [0, 0.05) is 13.3 Å². The number of methoxy groups -OCH3 is 1. The van der Waals surface area contributed by atoms with Crippen LogP contribution in [0.1, 0.15) is 24.3 Å². The van der Waals surface area contributed by atoms with Gasteiger partial charge in [-0.15, -0.1) is 0 Å². The summed E-state index contributed by atoms with van der Waals surface area (Å²) in [6.07, 6.45) is 2.08. The zero-order valence-corrected chi connectivity index (χ0v) is 10.0. The second-order valence-corrected chi connectivity index (χ2v) is 3.96. The van der Waals surface area contributed by atoms with Crippen molar-refractivity contribution in [3.63, 3.8) is 0 Å². The Hall–Kier alpha value is -1.84. The second kappa shape index (κ2) is 4.99. The molecule has 90 valence electrons. The minimum atomic E-state index is -0.164. The first kappa shape index (κ1) is 11.6. The maximum absolute atomic E-state index is 11.0. The smallest absolute Gasteiger partial charge is 0.305 e. The van der Waals surface area contributed by atoms with Crippen LogP contribution in [0.25, 0.3) is 11.1 Å². The molecule has 0 unspecified atom stereocenters. The van der Waals surface area contributed by atoms with Gasteiger partial charge in [0.1, 0.15) is 5.52 Å². The van der Waals surface area contributed by atoms with Crippen LogP contribution in [0, 0.1) is 6.92 Å². The molecule has 0 fully saturated rings. The highest BCUT2D eigenvalue weighted by atomic mass is 16.5. The largest absolute Gasteiger partial charge is 0.469 e. The predicted octanol–water partition coefficient (Wildman–Crippen LogP) is 2.63. The van der Waals surface area contributed by atoms with Crippen molar-refractivity contribution in [2.75, 3.05) is 7.11 Å². The number of carbonyl (C=O) groups excluding carboxylic acids is 1. The van der Waals surface area contributed by atoms with Crippen LogP contribution in [0.4, 0.5) is 0 Å². The van der Waals surface area contributed by atoms with E-state index in [0.29, 0.717) is 12.3 Å². The number of esters is 1. The fraction of sp³-hybridized carbons (Fsp3) is 0.385. The van der Waals surface area contributed by atoms with Gasteiger partial charge in [-0.25, -0.2) is 4.98 Å². The molecule has 0 radical (unpaired) electrons. The van der Waals surface area contributed by atoms with E-state index in [9.17, 15) is 4.79 Å². The molecule has 0 aliphatic rings. The van der Waals surface area contributed by atoms with Gasteiger partial charge in [-0.05, 0) is 30.5 Å². The molecule has 4 nitrogen and oxygen atoms in total. The van der Waals surface area contributed by atoms with E-state index in [1.165, 1.54) is 7.11 Å². The number of rotatable bonds is 4. The average Bonchev–Trinajstić information content (AvgIpc) is 2.68. The molecular formula is C13H15NO3. The lowest BCUT2D eigenvalue weighted by Crippen LogP contribution is -2.00. The Kier molecular flexibility index (Phi) is 3.42. The molecule has 0 aliphatic heterocycles. The van der Waals surface area contributed by atoms with Gasteiger partial charge in [-0.1, -0.05) is 6.07 Å². The third-order valence-electron chi connectivity index (χ3n) is 2.63. The summed E-state index contributed by atoms with van der Waals surface area (Å²) >= 11 is 0. The van der Waals surface area contributed by atoms with E-state index >= 15 is 0 Å². The fourth-order valence-electron chi connectivity index (χ4n) is 1.78. The van der Waals surface area contributed by atoms with Crippen LogP contribution < -0.4 is 0 Å². The Morgan fingerprint density at radius 2 is 2.29 bits per heavy atom. The number of nitrogens with zero attached hydrogens (tertiary/aromatic N) is 1. The molecule has 1 heterocycles. The Labute approximate surface area is 99.6 Å². The summed E-state index contributed by atoms with van der Waals surface area (Å²) in [5.74, 6) is 0.509. The van der Waals surface area contributed by atoms with Gasteiger partial charge >= 0.3 is 5.97 Å². The molecule has 0 bridgehead atoms. The summed E-state index contributed by atoms with van der Waals surface area (Å²) in [6.45, 7) is 1.83. The van der Waals surface area contributed by atoms with Crippen molar-refractivity contribution in [1.29, 1.82) is 0 Å². The molecule has 0 saturated carbocycles. The molecular weight excluding hydrogens is 218 g/mol. The van der Waals surface area contributed by atoms with E-state index in [2.05, 4.69) is 9.72 Å². The Morgan fingerprint density at radius 1 is 1.47 bits per heavy atom. The van der Waals surface area contributed by atoms with E-state index in [1.54, 1.807) is 0 Å². The molecule has 4 heteroatoms. The Balaban J connectivity index is 2.01. The maximum atomic E-state index is 11.0. The first-order valence-electron chi connectivity index (χ1n) is 5.62.